The Balaban J connectivity index is 1.10. The van der Waals surface area contributed by atoms with Crippen LogP contribution in [0, 0.1) is 0 Å². The largest absolute Gasteiger partial charge is 0.485 e. The van der Waals surface area contributed by atoms with E-state index in [-0.39, 0.29) is 18.3 Å². The van der Waals surface area contributed by atoms with E-state index in [1.807, 2.05) is 71.5 Å². The number of carbonyl (C=O) groups excluding carboxylic acids is 1. The molecule has 0 radical (unpaired) electrons. The Morgan fingerprint density at radius 3 is 2.42 bits per heavy atom. The summed E-state index contributed by atoms with van der Waals surface area (Å²) in [4.78, 5) is 12.7. The lowest BCUT2D eigenvalue weighted by Gasteiger charge is -2.08. The minimum absolute atomic E-state index is 0.216. The number of anilines is 1. The molecule has 0 unspecified atom stereocenters. The molecule has 0 aliphatic carbocycles. The maximum atomic E-state index is 12.7. The van der Waals surface area contributed by atoms with Gasteiger partial charge >= 0.3 is 0 Å². The third kappa shape index (κ3) is 4.44. The van der Waals surface area contributed by atoms with Gasteiger partial charge in [-0.15, -0.1) is 0 Å². The average molecular weight is 474 g/mol. The van der Waals surface area contributed by atoms with Crippen molar-refractivity contribution < 1.29 is 13.9 Å². The third-order valence-electron chi connectivity index (χ3n) is 6.11. The quantitative estimate of drug-likeness (QED) is 0.281. The molecule has 0 spiro atoms. The molecule has 0 atom stereocenters. The van der Waals surface area contributed by atoms with Crippen molar-refractivity contribution in [2.45, 2.75) is 13.2 Å². The molecule has 6 heteroatoms. The van der Waals surface area contributed by atoms with Crippen molar-refractivity contribution in [2.24, 2.45) is 0 Å². The second-order valence-corrected chi connectivity index (χ2v) is 8.55. The highest BCUT2D eigenvalue weighted by molar-refractivity contribution is 6.02. The molecule has 0 fully saturated rings. The van der Waals surface area contributed by atoms with Crippen LogP contribution in [0.5, 0.6) is 5.75 Å². The van der Waals surface area contributed by atoms with Gasteiger partial charge in [0, 0.05) is 11.6 Å². The zero-order chi connectivity index (χ0) is 24.3. The minimum atomic E-state index is -0.337. The van der Waals surface area contributed by atoms with Gasteiger partial charge in [-0.25, -0.2) is 0 Å². The summed E-state index contributed by atoms with van der Waals surface area (Å²) in [6, 6.07) is 31.9. The molecule has 0 saturated heterocycles. The first-order chi connectivity index (χ1) is 17.7. The first-order valence-corrected chi connectivity index (χ1v) is 11.7. The van der Waals surface area contributed by atoms with E-state index in [0.29, 0.717) is 18.0 Å². The normalized spacial score (nSPS) is 11.1. The summed E-state index contributed by atoms with van der Waals surface area (Å²) in [6.07, 6.45) is 3.45. The lowest BCUT2D eigenvalue weighted by Crippen LogP contribution is -2.10. The number of fused-ring (bicyclic) bond motifs is 2. The van der Waals surface area contributed by atoms with E-state index in [0.717, 1.165) is 22.1 Å². The lowest BCUT2D eigenvalue weighted by molar-refractivity contribution is 0.0992. The van der Waals surface area contributed by atoms with Crippen LogP contribution in [0.1, 0.15) is 21.9 Å². The molecule has 4 aromatic carbocycles. The molecule has 0 saturated carbocycles. The summed E-state index contributed by atoms with van der Waals surface area (Å²) >= 11 is 0. The van der Waals surface area contributed by atoms with Gasteiger partial charge < -0.3 is 14.5 Å². The summed E-state index contributed by atoms with van der Waals surface area (Å²) in [5, 5.41) is 11.8. The molecule has 0 bridgehead atoms. The van der Waals surface area contributed by atoms with Crippen molar-refractivity contribution in [1.29, 1.82) is 0 Å². The van der Waals surface area contributed by atoms with Crippen LogP contribution in [-0.4, -0.2) is 15.7 Å². The van der Waals surface area contributed by atoms with Crippen molar-refractivity contribution in [2.75, 3.05) is 5.32 Å². The smallest absolute Gasteiger partial charge is 0.291 e. The molecule has 6 aromatic rings. The number of carbonyl (C=O) groups is 1. The van der Waals surface area contributed by atoms with Crippen LogP contribution >= 0.6 is 0 Å². The zero-order valence-corrected chi connectivity index (χ0v) is 19.4. The highest BCUT2D eigenvalue weighted by atomic mass is 16.5. The highest BCUT2D eigenvalue weighted by Crippen LogP contribution is 2.26. The van der Waals surface area contributed by atoms with E-state index in [9.17, 15) is 4.79 Å². The van der Waals surface area contributed by atoms with Gasteiger partial charge in [-0.2, -0.15) is 5.10 Å². The Hall–Kier alpha value is -4.84. The lowest BCUT2D eigenvalue weighted by atomic mass is 10.0. The number of nitrogens with zero attached hydrogens (tertiary/aromatic N) is 2. The first-order valence-electron chi connectivity index (χ1n) is 11.7. The first kappa shape index (κ1) is 21.7. The Bertz CT molecular complexity index is 1670. The van der Waals surface area contributed by atoms with Crippen molar-refractivity contribution in [3.63, 3.8) is 0 Å². The van der Waals surface area contributed by atoms with Crippen LogP contribution in [0.3, 0.4) is 0 Å². The van der Waals surface area contributed by atoms with E-state index in [1.165, 1.54) is 10.8 Å². The maximum Gasteiger partial charge on any atom is 0.291 e. The van der Waals surface area contributed by atoms with Crippen molar-refractivity contribution in [3.05, 3.63) is 127 Å². The third-order valence-corrected chi connectivity index (χ3v) is 6.11. The number of rotatable bonds is 7. The number of hydrogen-bond donors (Lipinski definition) is 1. The molecular formula is C30H23N3O3. The molecule has 1 amide bonds. The predicted molar refractivity (Wildman–Crippen MR) is 140 cm³/mol. The van der Waals surface area contributed by atoms with E-state index < -0.39 is 0 Å². The number of amides is 1. The van der Waals surface area contributed by atoms with Crippen LogP contribution in [0.2, 0.25) is 0 Å². The summed E-state index contributed by atoms with van der Waals surface area (Å²) in [6.45, 7) is 0.831. The standard InChI is InChI=1S/C30H23N3O3/c34-30(29-16-15-25(36-29)20-35-28-14-6-10-22-8-2-4-13-27(22)28)32-24-17-31-33(19-24)18-23-11-5-9-21-7-1-3-12-26(21)23/h1-17,19H,18,20H2,(H,32,34). The topological polar surface area (TPSA) is 69.3 Å². The van der Waals surface area contributed by atoms with Gasteiger partial charge in [-0.05, 0) is 39.9 Å². The molecule has 0 aliphatic heterocycles. The number of ether oxygens (including phenoxy) is 1. The Morgan fingerprint density at radius 2 is 1.56 bits per heavy atom. The highest BCUT2D eigenvalue weighted by Gasteiger charge is 2.14. The van der Waals surface area contributed by atoms with Gasteiger partial charge in [0.25, 0.3) is 5.91 Å². The fraction of sp³-hybridized carbons (Fsp3) is 0.0667. The minimum Gasteiger partial charge on any atom is -0.485 e. The van der Waals surface area contributed by atoms with E-state index in [2.05, 4.69) is 34.7 Å². The molecule has 2 heterocycles. The Morgan fingerprint density at radius 1 is 0.833 bits per heavy atom. The van der Waals surface area contributed by atoms with Gasteiger partial charge in [0.05, 0.1) is 18.4 Å². The Kier molecular flexibility index (Phi) is 5.68. The number of hydrogen-bond acceptors (Lipinski definition) is 4. The van der Waals surface area contributed by atoms with Gasteiger partial charge in [0.15, 0.2) is 5.76 Å². The zero-order valence-electron chi connectivity index (χ0n) is 19.4. The fourth-order valence-electron chi connectivity index (χ4n) is 4.36. The van der Waals surface area contributed by atoms with Crippen LogP contribution in [0.4, 0.5) is 5.69 Å². The van der Waals surface area contributed by atoms with Crippen LogP contribution < -0.4 is 10.1 Å². The van der Waals surface area contributed by atoms with Crippen molar-refractivity contribution in [1.82, 2.24) is 9.78 Å². The SMILES string of the molecule is O=C(Nc1cnn(Cc2cccc3ccccc23)c1)c1ccc(COc2cccc3ccccc23)o1. The van der Waals surface area contributed by atoms with Gasteiger partial charge in [-0.3, -0.25) is 9.48 Å². The molecule has 6 rings (SSSR count). The monoisotopic (exact) mass is 473 g/mol. The van der Waals surface area contributed by atoms with Crippen LogP contribution in [-0.2, 0) is 13.2 Å². The molecule has 2 aromatic heterocycles. The van der Waals surface area contributed by atoms with Gasteiger partial charge in [0.1, 0.15) is 18.1 Å². The van der Waals surface area contributed by atoms with E-state index >= 15 is 0 Å². The molecular weight excluding hydrogens is 450 g/mol. The maximum absolute atomic E-state index is 12.7. The number of nitrogens with one attached hydrogen (secondary N) is 1. The number of benzene rings is 4. The van der Waals surface area contributed by atoms with Gasteiger partial charge in [0.2, 0.25) is 0 Å². The van der Waals surface area contributed by atoms with Crippen LogP contribution in [0.25, 0.3) is 21.5 Å². The van der Waals surface area contributed by atoms with E-state index in [1.54, 1.807) is 18.3 Å². The fourth-order valence-corrected chi connectivity index (χ4v) is 4.36. The Labute approximate surface area is 207 Å². The molecule has 1 N–H and O–H groups in total. The van der Waals surface area contributed by atoms with Crippen molar-refractivity contribution >= 4 is 33.1 Å². The summed E-state index contributed by atoms with van der Waals surface area (Å²) in [7, 11) is 0. The van der Waals surface area contributed by atoms with Crippen LogP contribution in [0.15, 0.2) is 114 Å². The van der Waals surface area contributed by atoms with Crippen molar-refractivity contribution in [3.8, 4) is 5.75 Å². The summed E-state index contributed by atoms with van der Waals surface area (Å²) < 4.78 is 13.5. The average Bonchev–Trinajstić information content (AvgIpc) is 3.57. The molecule has 176 valence electrons. The molecule has 36 heavy (non-hydrogen) atoms. The van der Waals surface area contributed by atoms with Gasteiger partial charge in [-0.1, -0.05) is 78.9 Å². The second-order valence-electron chi connectivity index (χ2n) is 8.55. The summed E-state index contributed by atoms with van der Waals surface area (Å²) in [5.74, 6) is 1.22. The second kappa shape index (κ2) is 9.43. The van der Waals surface area contributed by atoms with E-state index in [4.69, 9.17) is 9.15 Å². The summed E-state index contributed by atoms with van der Waals surface area (Å²) in [5.41, 5.74) is 1.76. The molecule has 6 nitrogen and oxygen atoms in total. The number of aromatic nitrogens is 2. The number of furan rings is 1. The predicted octanol–water partition coefficient (Wildman–Crippen LogP) is 6.66. The molecule has 0 aliphatic rings.